The van der Waals surface area contributed by atoms with Gasteiger partial charge < -0.3 is 5.32 Å². The number of nitrogens with zero attached hydrogens (tertiary/aromatic N) is 2. The Bertz CT molecular complexity index is 872. The van der Waals surface area contributed by atoms with Crippen molar-refractivity contribution in [2.24, 2.45) is 11.8 Å². The molecule has 0 saturated carbocycles. The summed E-state index contributed by atoms with van der Waals surface area (Å²) in [6.07, 6.45) is 3.46. The molecule has 0 aliphatic carbocycles. The van der Waals surface area contributed by atoms with E-state index < -0.39 is 17.4 Å². The van der Waals surface area contributed by atoms with E-state index in [0.29, 0.717) is 23.8 Å². The summed E-state index contributed by atoms with van der Waals surface area (Å²) >= 11 is 6.26. The van der Waals surface area contributed by atoms with Gasteiger partial charge in [-0.3, -0.25) is 24.2 Å². The molecule has 4 atom stereocenters. The van der Waals surface area contributed by atoms with Gasteiger partial charge in [-0.05, 0) is 44.0 Å². The smallest absolute Gasteiger partial charge is 0.250 e. The summed E-state index contributed by atoms with van der Waals surface area (Å²) in [5.74, 6) is -1.59. The summed E-state index contributed by atoms with van der Waals surface area (Å²) in [4.78, 5) is 43.5. The SMILES string of the molecule is CCCCN1C(=O)C2C3CCCN3C3(C(=O)Nc4ccc(Cl)cc43)C2C1=O. The van der Waals surface area contributed by atoms with E-state index in [-0.39, 0.29) is 23.8 Å². The van der Waals surface area contributed by atoms with Crippen molar-refractivity contribution in [3.63, 3.8) is 0 Å². The van der Waals surface area contributed by atoms with Gasteiger partial charge in [0.2, 0.25) is 17.7 Å². The Morgan fingerprint density at radius 2 is 2.07 bits per heavy atom. The number of rotatable bonds is 3. The van der Waals surface area contributed by atoms with Crippen LogP contribution in [0.1, 0.15) is 38.2 Å². The fourth-order valence-corrected chi connectivity index (χ4v) is 5.94. The van der Waals surface area contributed by atoms with Crippen LogP contribution in [0.5, 0.6) is 0 Å². The highest BCUT2D eigenvalue weighted by atomic mass is 35.5. The standard InChI is InChI=1S/C20H22ClN3O3/c1-2-3-8-23-17(25)15-14-5-4-9-24(14)20(16(15)18(23)26)12-10-11(21)6-7-13(12)22-19(20)27/h6-7,10,14-16H,2-5,8-9H2,1H3,(H,22,27). The van der Waals surface area contributed by atoms with Gasteiger partial charge in [0, 0.05) is 28.9 Å². The van der Waals surface area contributed by atoms with Gasteiger partial charge >= 0.3 is 0 Å². The van der Waals surface area contributed by atoms with E-state index in [9.17, 15) is 14.4 Å². The van der Waals surface area contributed by atoms with Crippen LogP contribution < -0.4 is 5.32 Å². The quantitative estimate of drug-likeness (QED) is 0.808. The van der Waals surface area contributed by atoms with Crippen molar-refractivity contribution >= 4 is 35.0 Å². The molecule has 142 valence electrons. The van der Waals surface area contributed by atoms with E-state index in [1.807, 2.05) is 6.92 Å². The summed E-state index contributed by atoms with van der Waals surface area (Å²) in [6.45, 7) is 3.19. The average molecular weight is 388 g/mol. The van der Waals surface area contributed by atoms with Gasteiger partial charge in [0.25, 0.3) is 0 Å². The zero-order valence-electron chi connectivity index (χ0n) is 15.2. The van der Waals surface area contributed by atoms with Crippen LogP contribution in [0.15, 0.2) is 18.2 Å². The first-order chi connectivity index (χ1) is 13.0. The number of nitrogens with one attached hydrogen (secondary N) is 1. The molecule has 4 aliphatic rings. The largest absolute Gasteiger partial charge is 0.324 e. The topological polar surface area (TPSA) is 69.7 Å². The summed E-state index contributed by atoms with van der Waals surface area (Å²) in [6, 6.07) is 5.26. The molecule has 4 heterocycles. The number of carbonyl (C=O) groups excluding carboxylic acids is 3. The first kappa shape index (κ1) is 17.2. The normalized spacial score (nSPS) is 34.4. The molecule has 1 aromatic carbocycles. The van der Waals surface area contributed by atoms with Gasteiger partial charge in [-0.15, -0.1) is 0 Å². The minimum absolute atomic E-state index is 0.0613. The zero-order chi connectivity index (χ0) is 18.9. The number of hydrogen-bond donors (Lipinski definition) is 1. The van der Waals surface area contributed by atoms with Crippen LogP contribution in [-0.2, 0) is 19.9 Å². The van der Waals surface area contributed by atoms with Crippen LogP contribution in [0.25, 0.3) is 0 Å². The van der Waals surface area contributed by atoms with Crippen LogP contribution in [0.3, 0.4) is 0 Å². The van der Waals surface area contributed by atoms with E-state index in [1.54, 1.807) is 18.2 Å². The summed E-state index contributed by atoms with van der Waals surface area (Å²) in [7, 11) is 0. The van der Waals surface area contributed by atoms with E-state index >= 15 is 0 Å². The van der Waals surface area contributed by atoms with E-state index in [0.717, 1.165) is 31.2 Å². The van der Waals surface area contributed by atoms with E-state index in [2.05, 4.69) is 10.2 Å². The molecular formula is C20H22ClN3O3. The van der Waals surface area contributed by atoms with Crippen molar-refractivity contribution in [1.29, 1.82) is 0 Å². The van der Waals surface area contributed by atoms with Crippen molar-refractivity contribution in [2.75, 3.05) is 18.4 Å². The summed E-state index contributed by atoms with van der Waals surface area (Å²) in [5, 5.41) is 3.49. The highest BCUT2D eigenvalue weighted by Gasteiger charge is 2.74. The first-order valence-electron chi connectivity index (χ1n) is 9.75. The van der Waals surface area contributed by atoms with Gasteiger partial charge in [-0.25, -0.2) is 0 Å². The van der Waals surface area contributed by atoms with Crippen LogP contribution in [-0.4, -0.2) is 46.7 Å². The third-order valence-electron chi connectivity index (χ3n) is 6.78. The molecule has 7 heteroatoms. The second kappa shape index (κ2) is 5.79. The molecule has 0 aromatic heterocycles. The molecule has 1 aromatic rings. The molecule has 5 rings (SSSR count). The Morgan fingerprint density at radius 3 is 2.85 bits per heavy atom. The summed E-state index contributed by atoms with van der Waals surface area (Å²) in [5.41, 5.74) is 0.334. The second-order valence-electron chi connectivity index (χ2n) is 8.00. The third-order valence-corrected chi connectivity index (χ3v) is 7.02. The Morgan fingerprint density at radius 1 is 1.26 bits per heavy atom. The number of hydrogen-bond acceptors (Lipinski definition) is 4. The molecular weight excluding hydrogens is 366 g/mol. The maximum atomic E-state index is 13.4. The number of fused-ring (bicyclic) bond motifs is 7. The Hall–Kier alpha value is -1.92. The number of likely N-dealkylation sites (tertiary alicyclic amines) is 1. The lowest BCUT2D eigenvalue weighted by Crippen LogP contribution is -2.54. The van der Waals surface area contributed by atoms with Gasteiger partial charge in [-0.2, -0.15) is 0 Å². The Kier molecular flexibility index (Phi) is 3.69. The summed E-state index contributed by atoms with van der Waals surface area (Å²) < 4.78 is 0. The number of anilines is 1. The fourth-order valence-electron chi connectivity index (χ4n) is 5.77. The fraction of sp³-hybridized carbons (Fsp3) is 0.550. The number of imide groups is 1. The molecule has 3 amide bonds. The first-order valence-corrected chi connectivity index (χ1v) is 10.1. The van der Waals surface area contributed by atoms with Gasteiger partial charge in [0.1, 0.15) is 5.54 Å². The minimum Gasteiger partial charge on any atom is -0.324 e. The molecule has 4 aliphatic heterocycles. The van der Waals surface area contributed by atoms with Gasteiger partial charge in [0.05, 0.1) is 11.8 Å². The molecule has 0 bridgehead atoms. The monoisotopic (exact) mass is 387 g/mol. The molecule has 3 saturated heterocycles. The Balaban J connectivity index is 1.69. The predicted molar refractivity (Wildman–Crippen MR) is 100 cm³/mol. The van der Waals surface area contributed by atoms with Crippen molar-refractivity contribution in [2.45, 2.75) is 44.2 Å². The predicted octanol–water partition coefficient (Wildman–Crippen LogP) is 2.37. The maximum absolute atomic E-state index is 13.4. The molecule has 3 fully saturated rings. The lowest BCUT2D eigenvalue weighted by molar-refractivity contribution is -0.145. The van der Waals surface area contributed by atoms with Crippen LogP contribution in [0.4, 0.5) is 5.69 Å². The number of amides is 3. The van der Waals surface area contributed by atoms with Crippen LogP contribution in [0, 0.1) is 11.8 Å². The number of carbonyl (C=O) groups is 3. The highest BCUT2D eigenvalue weighted by molar-refractivity contribution is 6.31. The number of unbranched alkanes of at least 4 members (excludes halogenated alkanes) is 1. The highest BCUT2D eigenvalue weighted by Crippen LogP contribution is 2.60. The van der Waals surface area contributed by atoms with Crippen molar-refractivity contribution in [1.82, 2.24) is 9.80 Å². The molecule has 1 spiro atoms. The molecule has 6 nitrogen and oxygen atoms in total. The van der Waals surface area contributed by atoms with Crippen molar-refractivity contribution in [3.05, 3.63) is 28.8 Å². The molecule has 0 radical (unpaired) electrons. The lowest BCUT2D eigenvalue weighted by atomic mass is 9.75. The Labute approximate surface area is 162 Å². The van der Waals surface area contributed by atoms with Crippen LogP contribution in [0.2, 0.25) is 5.02 Å². The van der Waals surface area contributed by atoms with Crippen LogP contribution >= 0.6 is 11.6 Å². The van der Waals surface area contributed by atoms with Gasteiger partial charge in [-0.1, -0.05) is 24.9 Å². The number of halogens is 1. The lowest BCUT2D eigenvalue weighted by Gasteiger charge is -2.36. The molecule has 27 heavy (non-hydrogen) atoms. The van der Waals surface area contributed by atoms with Crippen molar-refractivity contribution < 1.29 is 14.4 Å². The average Bonchev–Trinajstić information content (AvgIpc) is 3.33. The van der Waals surface area contributed by atoms with Gasteiger partial charge in [0.15, 0.2) is 0 Å². The maximum Gasteiger partial charge on any atom is 0.250 e. The van der Waals surface area contributed by atoms with E-state index in [1.165, 1.54) is 4.90 Å². The molecule has 4 unspecified atom stereocenters. The van der Waals surface area contributed by atoms with E-state index in [4.69, 9.17) is 11.6 Å². The molecule has 1 N–H and O–H groups in total. The zero-order valence-corrected chi connectivity index (χ0v) is 16.0. The van der Waals surface area contributed by atoms with Crippen molar-refractivity contribution in [3.8, 4) is 0 Å². The second-order valence-corrected chi connectivity index (χ2v) is 8.43. The third kappa shape index (κ3) is 1.98. The minimum atomic E-state index is -1.11. The number of benzene rings is 1.